The number of likely N-dealkylation sites (N-methyl/N-ethyl adjacent to an activating group) is 1. The first-order chi connectivity index (χ1) is 18.6. The van der Waals surface area contributed by atoms with Crippen LogP contribution in [-0.2, 0) is 11.4 Å². The minimum absolute atomic E-state index is 0.228. The number of amides is 2. The monoisotopic (exact) mass is 602 g/mol. The average molecular weight is 603 g/mol. The third kappa shape index (κ3) is 6.77. The Morgan fingerprint density at radius 1 is 1.28 bits per heavy atom. The van der Waals surface area contributed by atoms with Crippen LogP contribution in [-0.4, -0.2) is 64.6 Å². The van der Waals surface area contributed by atoms with Crippen LogP contribution in [0.15, 0.2) is 59.2 Å². The van der Waals surface area contributed by atoms with Gasteiger partial charge in [0.2, 0.25) is 12.1 Å². The number of benzene rings is 2. The van der Waals surface area contributed by atoms with Gasteiger partial charge in [0, 0.05) is 28.6 Å². The highest BCUT2D eigenvalue weighted by Gasteiger charge is 2.44. The number of fused-ring (bicyclic) bond motifs is 1. The fourth-order valence-corrected chi connectivity index (χ4v) is 4.98. The minimum Gasteiger partial charge on any atom is -0.485 e. The maximum Gasteiger partial charge on any atom is 0.404 e. The normalized spacial score (nSPS) is 21.1. The highest BCUT2D eigenvalue weighted by Crippen LogP contribution is 2.38. The standard InChI is InChI=1S/C28H32BrFN4O5/c1-17(30)25(33-26(35)28(2)14-20(32-27(36)37)11-12-34(28)3)39-24-21-13-19(29)15-31-22(21)9-10-23(24)38-16-18-7-5-4-6-8-18/h4-10,13,15,17,20,25,32H,11-12,14,16H2,1-3H3,(H,33,35)(H,36,37). The zero-order valence-electron chi connectivity index (χ0n) is 22.0. The molecule has 0 aliphatic carbocycles. The van der Waals surface area contributed by atoms with Crippen LogP contribution in [0.25, 0.3) is 10.9 Å². The van der Waals surface area contributed by atoms with Gasteiger partial charge in [-0.25, -0.2) is 9.18 Å². The van der Waals surface area contributed by atoms with Gasteiger partial charge in [0.15, 0.2) is 17.7 Å². The molecule has 1 saturated heterocycles. The molecular weight excluding hydrogens is 571 g/mol. The van der Waals surface area contributed by atoms with Crippen LogP contribution >= 0.6 is 15.9 Å². The van der Waals surface area contributed by atoms with Crippen molar-refractivity contribution in [3.8, 4) is 11.5 Å². The third-order valence-corrected chi connectivity index (χ3v) is 7.47. The SMILES string of the molecule is CC(F)C(NC(=O)C1(C)CC(NC(=O)O)CCN1C)Oc1c(OCc2ccccc2)ccc2ncc(Br)cc12. The van der Waals surface area contributed by atoms with E-state index in [2.05, 4.69) is 31.5 Å². The van der Waals surface area contributed by atoms with Gasteiger partial charge < -0.3 is 25.2 Å². The van der Waals surface area contributed by atoms with Gasteiger partial charge in [-0.2, -0.15) is 0 Å². The Morgan fingerprint density at radius 3 is 2.72 bits per heavy atom. The fourth-order valence-electron chi connectivity index (χ4n) is 4.65. The van der Waals surface area contributed by atoms with Gasteiger partial charge in [-0.3, -0.25) is 14.7 Å². The first-order valence-corrected chi connectivity index (χ1v) is 13.4. The van der Waals surface area contributed by atoms with Crippen LogP contribution in [0.3, 0.4) is 0 Å². The second kappa shape index (κ2) is 12.2. The number of piperidine rings is 1. The van der Waals surface area contributed by atoms with Crippen LogP contribution in [0.4, 0.5) is 9.18 Å². The Bertz CT molecular complexity index is 1330. The minimum atomic E-state index is -1.59. The van der Waals surface area contributed by atoms with Crippen LogP contribution in [0.1, 0.15) is 32.3 Å². The summed E-state index contributed by atoms with van der Waals surface area (Å²) in [6.45, 7) is 3.76. The lowest BCUT2D eigenvalue weighted by Crippen LogP contribution is -2.64. The summed E-state index contributed by atoms with van der Waals surface area (Å²) in [5.74, 6) is 0.153. The van der Waals surface area contributed by atoms with Crippen molar-refractivity contribution in [3.05, 3.63) is 64.8 Å². The van der Waals surface area contributed by atoms with Crippen LogP contribution in [0.2, 0.25) is 0 Å². The number of carboxylic acid groups (broad SMARTS) is 1. The summed E-state index contributed by atoms with van der Waals surface area (Å²) in [4.78, 5) is 31.0. The number of hydrogen-bond acceptors (Lipinski definition) is 6. The lowest BCUT2D eigenvalue weighted by atomic mass is 9.85. The summed E-state index contributed by atoms with van der Waals surface area (Å²) in [5.41, 5.74) is 0.466. The molecule has 0 radical (unpaired) electrons. The summed E-state index contributed by atoms with van der Waals surface area (Å²) < 4.78 is 28.0. The Kier molecular flexibility index (Phi) is 8.91. The zero-order valence-corrected chi connectivity index (χ0v) is 23.6. The number of nitrogens with one attached hydrogen (secondary N) is 2. The van der Waals surface area contributed by atoms with Crippen molar-refractivity contribution >= 4 is 38.8 Å². The summed E-state index contributed by atoms with van der Waals surface area (Å²) in [6.07, 6.45) is -1.65. The van der Waals surface area contributed by atoms with E-state index in [0.717, 1.165) is 5.56 Å². The number of alkyl halides is 1. The summed E-state index contributed by atoms with van der Waals surface area (Å²) in [5, 5.41) is 14.9. The molecule has 39 heavy (non-hydrogen) atoms. The topological polar surface area (TPSA) is 113 Å². The van der Waals surface area contributed by atoms with E-state index in [0.29, 0.717) is 34.1 Å². The van der Waals surface area contributed by atoms with E-state index in [1.807, 2.05) is 35.2 Å². The van der Waals surface area contributed by atoms with E-state index in [-0.39, 0.29) is 18.8 Å². The molecule has 4 rings (SSSR count). The van der Waals surface area contributed by atoms with E-state index in [4.69, 9.17) is 14.6 Å². The highest BCUT2D eigenvalue weighted by atomic mass is 79.9. The van der Waals surface area contributed by atoms with Crippen molar-refractivity contribution in [1.29, 1.82) is 0 Å². The van der Waals surface area contributed by atoms with Crippen LogP contribution in [0, 0.1) is 0 Å². The molecule has 3 N–H and O–H groups in total. The van der Waals surface area contributed by atoms with Gasteiger partial charge in [-0.15, -0.1) is 0 Å². The van der Waals surface area contributed by atoms with Crippen molar-refractivity contribution in [2.24, 2.45) is 0 Å². The highest BCUT2D eigenvalue weighted by molar-refractivity contribution is 9.10. The predicted molar refractivity (Wildman–Crippen MR) is 149 cm³/mol. The Labute approximate surface area is 234 Å². The number of likely N-dealkylation sites (tertiary alicyclic amines) is 1. The van der Waals surface area contributed by atoms with Gasteiger partial charge >= 0.3 is 6.09 Å². The van der Waals surface area contributed by atoms with Crippen molar-refractivity contribution in [1.82, 2.24) is 20.5 Å². The van der Waals surface area contributed by atoms with Gasteiger partial charge in [-0.05, 0) is 73.4 Å². The van der Waals surface area contributed by atoms with Gasteiger partial charge in [0.05, 0.1) is 11.1 Å². The first-order valence-electron chi connectivity index (χ1n) is 12.6. The molecule has 1 aliphatic rings. The molecule has 9 nitrogen and oxygen atoms in total. The molecule has 208 valence electrons. The number of hydrogen-bond donors (Lipinski definition) is 3. The van der Waals surface area contributed by atoms with Crippen LogP contribution < -0.4 is 20.1 Å². The summed E-state index contributed by atoms with van der Waals surface area (Å²) >= 11 is 3.43. The first kappa shape index (κ1) is 28.6. The van der Waals surface area contributed by atoms with Crippen molar-refractivity contribution in [2.75, 3.05) is 13.6 Å². The molecule has 3 aromatic rings. The second-order valence-corrected chi connectivity index (χ2v) is 10.8. The summed E-state index contributed by atoms with van der Waals surface area (Å²) in [7, 11) is 1.79. The maximum atomic E-state index is 15.0. The Morgan fingerprint density at radius 2 is 2.03 bits per heavy atom. The molecule has 1 aliphatic heterocycles. The van der Waals surface area contributed by atoms with Gasteiger partial charge in [0.1, 0.15) is 6.61 Å². The van der Waals surface area contributed by atoms with E-state index in [9.17, 15) is 9.59 Å². The van der Waals surface area contributed by atoms with Gasteiger partial charge in [0.25, 0.3) is 0 Å². The lowest BCUT2D eigenvalue weighted by molar-refractivity contribution is -0.138. The van der Waals surface area contributed by atoms with Crippen molar-refractivity contribution in [2.45, 2.75) is 57.3 Å². The molecule has 0 bridgehead atoms. The maximum absolute atomic E-state index is 15.0. The Balaban J connectivity index is 1.62. The number of aromatic nitrogens is 1. The molecule has 11 heteroatoms. The second-order valence-electron chi connectivity index (χ2n) is 9.91. The number of pyridine rings is 1. The molecule has 1 aromatic heterocycles. The molecule has 2 amide bonds. The van der Waals surface area contributed by atoms with Crippen molar-refractivity contribution in [3.63, 3.8) is 0 Å². The zero-order chi connectivity index (χ0) is 28.2. The van der Waals surface area contributed by atoms with E-state index in [1.165, 1.54) is 6.92 Å². The Hall–Kier alpha value is -3.44. The molecule has 2 heterocycles. The molecule has 0 spiro atoms. The fraction of sp³-hybridized carbons (Fsp3) is 0.393. The molecule has 4 unspecified atom stereocenters. The number of carbonyl (C=O) groups excluding carboxylic acids is 1. The molecule has 2 aromatic carbocycles. The smallest absolute Gasteiger partial charge is 0.404 e. The molecular formula is C28H32BrFN4O5. The number of ether oxygens (including phenoxy) is 2. The third-order valence-electron chi connectivity index (χ3n) is 7.03. The number of nitrogens with zero attached hydrogens (tertiary/aromatic N) is 2. The van der Waals surface area contributed by atoms with E-state index in [1.54, 1.807) is 38.4 Å². The number of halogens is 2. The summed E-state index contributed by atoms with van der Waals surface area (Å²) in [6, 6.07) is 14.5. The quantitative estimate of drug-likeness (QED) is 0.299. The number of rotatable bonds is 9. The van der Waals surface area contributed by atoms with E-state index < -0.39 is 36.0 Å². The van der Waals surface area contributed by atoms with Crippen molar-refractivity contribution < 1.29 is 28.6 Å². The molecule has 1 fully saturated rings. The van der Waals surface area contributed by atoms with Crippen LogP contribution in [0.5, 0.6) is 11.5 Å². The molecule has 0 saturated carbocycles. The largest absolute Gasteiger partial charge is 0.485 e. The lowest BCUT2D eigenvalue weighted by Gasteiger charge is -2.44. The predicted octanol–water partition coefficient (Wildman–Crippen LogP) is 4.88. The van der Waals surface area contributed by atoms with E-state index >= 15 is 4.39 Å². The number of carbonyl (C=O) groups is 2. The average Bonchev–Trinajstić information content (AvgIpc) is 2.90. The molecule has 4 atom stereocenters. The van der Waals surface area contributed by atoms with Gasteiger partial charge in [-0.1, -0.05) is 30.3 Å².